The molecule has 0 aliphatic rings. The van der Waals surface area contributed by atoms with E-state index in [2.05, 4.69) is 9.47 Å². The van der Waals surface area contributed by atoms with Crippen LogP contribution < -0.4 is 4.74 Å². The van der Waals surface area contributed by atoms with Crippen LogP contribution in [0.25, 0.3) is 0 Å². The van der Waals surface area contributed by atoms with Crippen molar-refractivity contribution in [1.82, 2.24) is 0 Å². The molecule has 0 unspecified atom stereocenters. The molecule has 1 rings (SSSR count). The molecule has 1 aromatic carbocycles. The van der Waals surface area contributed by atoms with Gasteiger partial charge in [0.15, 0.2) is 0 Å². The molecule has 21 heavy (non-hydrogen) atoms. The van der Waals surface area contributed by atoms with Crippen LogP contribution in [0.1, 0.15) is 18.1 Å². The number of carbonyl (C=O) groups is 1. The number of nitriles is 1. The Morgan fingerprint density at radius 2 is 1.90 bits per heavy atom. The fourth-order valence-corrected chi connectivity index (χ4v) is 1.37. The summed E-state index contributed by atoms with van der Waals surface area (Å²) in [4.78, 5) is 11.1. The molecule has 4 nitrogen and oxygen atoms in total. The standard InChI is InChI=1S/C12H8F5NO3/c1-2-20-10(19)11(13,14)8-3-4-9(7(5-8)6-18)21-12(15,16)17/h3-5H,2H2,1H3. The highest BCUT2D eigenvalue weighted by Crippen LogP contribution is 2.34. The van der Waals surface area contributed by atoms with Crippen LogP contribution in [0.4, 0.5) is 22.0 Å². The fraction of sp³-hybridized carbons (Fsp3) is 0.333. The molecule has 0 radical (unpaired) electrons. The van der Waals surface area contributed by atoms with Gasteiger partial charge >= 0.3 is 18.3 Å². The first-order valence-electron chi connectivity index (χ1n) is 5.47. The van der Waals surface area contributed by atoms with E-state index >= 15 is 0 Å². The quantitative estimate of drug-likeness (QED) is 0.633. The minimum absolute atomic E-state index is 0.297. The molecule has 1 aromatic rings. The molecule has 0 bridgehead atoms. The number of carbonyl (C=O) groups excluding carboxylic acids is 1. The van der Waals surface area contributed by atoms with Crippen molar-refractivity contribution in [3.05, 3.63) is 29.3 Å². The third kappa shape index (κ3) is 4.05. The summed E-state index contributed by atoms with van der Waals surface area (Å²) in [5.74, 6) is -6.88. The summed E-state index contributed by atoms with van der Waals surface area (Å²) in [6, 6.07) is 2.82. The van der Waals surface area contributed by atoms with Crippen molar-refractivity contribution in [2.75, 3.05) is 6.61 Å². The Kier molecular flexibility index (Phi) is 4.73. The number of nitrogens with zero attached hydrogens (tertiary/aromatic N) is 1. The topological polar surface area (TPSA) is 59.3 Å². The second kappa shape index (κ2) is 5.95. The smallest absolute Gasteiger partial charge is 0.461 e. The Hall–Kier alpha value is -2.37. The number of rotatable bonds is 4. The third-order valence-electron chi connectivity index (χ3n) is 2.22. The van der Waals surface area contributed by atoms with Crippen LogP contribution in [0.2, 0.25) is 0 Å². The first-order chi connectivity index (χ1) is 9.61. The lowest BCUT2D eigenvalue weighted by Crippen LogP contribution is -2.28. The second-order valence-corrected chi connectivity index (χ2v) is 3.67. The summed E-state index contributed by atoms with van der Waals surface area (Å²) in [5.41, 5.74) is -1.75. The van der Waals surface area contributed by atoms with Gasteiger partial charge in [-0.25, -0.2) is 4.79 Å². The molecule has 0 atom stereocenters. The molecule has 0 saturated carbocycles. The average Bonchev–Trinajstić information content (AvgIpc) is 2.37. The van der Waals surface area contributed by atoms with Gasteiger partial charge in [0.05, 0.1) is 12.2 Å². The van der Waals surface area contributed by atoms with E-state index in [0.717, 1.165) is 0 Å². The number of hydrogen-bond acceptors (Lipinski definition) is 4. The summed E-state index contributed by atoms with van der Waals surface area (Å²) in [7, 11) is 0. The van der Waals surface area contributed by atoms with Crippen molar-refractivity contribution in [2.45, 2.75) is 19.2 Å². The number of halogens is 5. The number of hydrogen-bond donors (Lipinski definition) is 0. The van der Waals surface area contributed by atoms with E-state index < -0.39 is 35.1 Å². The zero-order valence-electron chi connectivity index (χ0n) is 10.5. The van der Waals surface area contributed by atoms with Gasteiger partial charge in [-0.1, -0.05) is 0 Å². The van der Waals surface area contributed by atoms with Crippen LogP contribution in [0.5, 0.6) is 5.75 Å². The molecule has 0 amide bonds. The zero-order chi connectivity index (χ0) is 16.3. The Morgan fingerprint density at radius 3 is 2.38 bits per heavy atom. The Morgan fingerprint density at radius 1 is 1.29 bits per heavy atom. The lowest BCUT2D eigenvalue weighted by Gasteiger charge is -2.16. The van der Waals surface area contributed by atoms with Crippen LogP contribution >= 0.6 is 0 Å². The molecule has 0 fully saturated rings. The zero-order valence-corrected chi connectivity index (χ0v) is 10.5. The normalized spacial score (nSPS) is 11.7. The number of benzene rings is 1. The number of esters is 1. The maximum atomic E-state index is 13.7. The highest BCUT2D eigenvalue weighted by molar-refractivity contribution is 5.79. The minimum Gasteiger partial charge on any atom is -0.461 e. The molecule has 0 spiro atoms. The molecule has 0 saturated heterocycles. The van der Waals surface area contributed by atoms with Crippen LogP contribution in [0, 0.1) is 11.3 Å². The molecular formula is C12H8F5NO3. The van der Waals surface area contributed by atoms with Gasteiger partial charge in [-0.2, -0.15) is 14.0 Å². The molecule has 0 aliphatic heterocycles. The van der Waals surface area contributed by atoms with E-state index in [-0.39, 0.29) is 6.61 Å². The minimum atomic E-state index is -5.07. The monoisotopic (exact) mass is 309 g/mol. The van der Waals surface area contributed by atoms with Crippen molar-refractivity contribution >= 4 is 5.97 Å². The van der Waals surface area contributed by atoms with Crippen molar-refractivity contribution < 1.29 is 36.2 Å². The lowest BCUT2D eigenvalue weighted by molar-refractivity contribution is -0.274. The van der Waals surface area contributed by atoms with Crippen molar-refractivity contribution in [3.8, 4) is 11.8 Å². The van der Waals surface area contributed by atoms with Crippen LogP contribution in [-0.2, 0) is 15.5 Å². The van der Waals surface area contributed by atoms with Gasteiger partial charge < -0.3 is 9.47 Å². The van der Waals surface area contributed by atoms with Gasteiger partial charge in [0.25, 0.3) is 0 Å². The summed E-state index contributed by atoms with van der Waals surface area (Å²) in [6.45, 7) is 1.02. The molecule has 0 aliphatic carbocycles. The van der Waals surface area contributed by atoms with E-state index in [0.29, 0.717) is 18.2 Å². The maximum Gasteiger partial charge on any atom is 0.573 e. The van der Waals surface area contributed by atoms with E-state index in [1.807, 2.05) is 0 Å². The average molecular weight is 309 g/mol. The van der Waals surface area contributed by atoms with Gasteiger partial charge in [-0.05, 0) is 25.1 Å². The van der Waals surface area contributed by atoms with Crippen LogP contribution in [0.3, 0.4) is 0 Å². The van der Waals surface area contributed by atoms with Gasteiger partial charge in [-0.3, -0.25) is 0 Å². The van der Waals surface area contributed by atoms with E-state index in [9.17, 15) is 26.7 Å². The summed E-state index contributed by atoms with van der Waals surface area (Å²) in [6.07, 6.45) is -5.07. The maximum absolute atomic E-state index is 13.7. The summed E-state index contributed by atoms with van der Waals surface area (Å²) >= 11 is 0. The van der Waals surface area contributed by atoms with Crippen molar-refractivity contribution in [3.63, 3.8) is 0 Å². The highest BCUT2D eigenvalue weighted by Gasteiger charge is 2.43. The van der Waals surface area contributed by atoms with Gasteiger partial charge in [0, 0.05) is 5.56 Å². The number of ether oxygens (including phenoxy) is 2. The van der Waals surface area contributed by atoms with Crippen LogP contribution in [0.15, 0.2) is 18.2 Å². The van der Waals surface area contributed by atoms with Crippen LogP contribution in [-0.4, -0.2) is 18.9 Å². The predicted octanol–water partition coefficient (Wildman–Crippen LogP) is 3.11. The molecule has 114 valence electrons. The van der Waals surface area contributed by atoms with Crippen molar-refractivity contribution in [2.24, 2.45) is 0 Å². The highest BCUT2D eigenvalue weighted by atomic mass is 19.4. The predicted molar refractivity (Wildman–Crippen MR) is 58.4 cm³/mol. The first kappa shape index (κ1) is 16.7. The molecule has 0 aromatic heterocycles. The molecular weight excluding hydrogens is 301 g/mol. The Labute approximate surface area is 115 Å². The molecule has 0 heterocycles. The van der Waals surface area contributed by atoms with Crippen molar-refractivity contribution in [1.29, 1.82) is 5.26 Å². The Bertz CT molecular complexity index is 577. The molecule has 9 heteroatoms. The van der Waals surface area contributed by atoms with Gasteiger partial charge in [0.2, 0.25) is 0 Å². The fourth-order valence-electron chi connectivity index (χ4n) is 1.37. The lowest BCUT2D eigenvalue weighted by atomic mass is 10.0. The van der Waals surface area contributed by atoms with Gasteiger partial charge in [-0.15, -0.1) is 13.2 Å². The molecule has 0 N–H and O–H groups in total. The summed E-state index contributed by atoms with van der Waals surface area (Å²) < 4.78 is 71.2. The second-order valence-electron chi connectivity index (χ2n) is 3.67. The van der Waals surface area contributed by atoms with Gasteiger partial charge in [0.1, 0.15) is 11.8 Å². The number of alkyl halides is 5. The van der Waals surface area contributed by atoms with E-state index in [1.165, 1.54) is 13.0 Å². The van der Waals surface area contributed by atoms with E-state index in [4.69, 9.17) is 5.26 Å². The van der Waals surface area contributed by atoms with E-state index in [1.54, 1.807) is 0 Å². The third-order valence-corrected chi connectivity index (χ3v) is 2.22. The SMILES string of the molecule is CCOC(=O)C(F)(F)c1ccc(OC(F)(F)F)c(C#N)c1. The largest absolute Gasteiger partial charge is 0.573 e. The summed E-state index contributed by atoms with van der Waals surface area (Å²) in [5, 5.41) is 8.69. The Balaban J connectivity index is 3.19. The first-order valence-corrected chi connectivity index (χ1v) is 5.47.